The molecule has 0 spiro atoms. The number of rotatable bonds is 9. The fraction of sp³-hybridized carbons (Fsp3) is 0.423. The van der Waals surface area contributed by atoms with Crippen molar-refractivity contribution in [2.24, 2.45) is 5.92 Å². The third-order valence-electron chi connectivity index (χ3n) is 5.87. The number of ether oxygens (including phenoxy) is 2. The fourth-order valence-electron chi connectivity index (χ4n) is 4.25. The molecule has 2 amide bonds. The van der Waals surface area contributed by atoms with Gasteiger partial charge >= 0.3 is 0 Å². The van der Waals surface area contributed by atoms with E-state index in [4.69, 9.17) is 14.9 Å². The summed E-state index contributed by atoms with van der Waals surface area (Å²) in [5.41, 5.74) is 3.13. The van der Waals surface area contributed by atoms with Crippen LogP contribution in [0.3, 0.4) is 0 Å². The third kappa shape index (κ3) is 6.50. The topological polar surface area (TPSA) is 113 Å². The van der Waals surface area contributed by atoms with Gasteiger partial charge in [-0.1, -0.05) is 44.2 Å². The van der Waals surface area contributed by atoms with E-state index in [0.29, 0.717) is 17.9 Å². The predicted molar refractivity (Wildman–Crippen MR) is 131 cm³/mol. The van der Waals surface area contributed by atoms with Crippen molar-refractivity contribution >= 4 is 17.8 Å². The maximum absolute atomic E-state index is 13.1. The minimum Gasteiger partial charge on any atom is -0.493 e. The van der Waals surface area contributed by atoms with Crippen LogP contribution in [0.15, 0.2) is 42.5 Å². The monoisotopic (exact) mass is 466 g/mol. The maximum atomic E-state index is 13.1. The van der Waals surface area contributed by atoms with Gasteiger partial charge < -0.3 is 20.1 Å². The SMILES string of the molecule is COc1ccc(CC(=O)NC(=N)N[C@H](CC(C)C)C(=O)N[C@@H]2CCc3ccccc32)cc1OC. The molecule has 3 rings (SSSR count). The number of guanidine groups is 1. The molecule has 2 aromatic carbocycles. The first-order valence-corrected chi connectivity index (χ1v) is 11.5. The van der Waals surface area contributed by atoms with Crippen LogP contribution in [0.5, 0.6) is 11.5 Å². The Morgan fingerprint density at radius 1 is 1.09 bits per heavy atom. The van der Waals surface area contributed by atoms with E-state index in [9.17, 15) is 9.59 Å². The standard InChI is InChI=1S/C26H34N4O4/c1-16(2)13-21(25(32)28-20-11-10-18-7-5-6-8-19(18)20)29-26(27)30-24(31)15-17-9-12-22(33-3)23(14-17)34-4/h5-9,12,14,16,20-21H,10-11,13,15H2,1-4H3,(H,28,32)(H3,27,29,30,31)/t20-,21-/m1/s1. The van der Waals surface area contributed by atoms with E-state index in [-0.39, 0.29) is 36.2 Å². The number of amides is 2. The summed E-state index contributed by atoms with van der Waals surface area (Å²) >= 11 is 0. The Hall–Kier alpha value is -3.55. The highest BCUT2D eigenvalue weighted by atomic mass is 16.5. The summed E-state index contributed by atoms with van der Waals surface area (Å²) in [5, 5.41) is 16.8. The Balaban J connectivity index is 1.58. The van der Waals surface area contributed by atoms with E-state index in [1.165, 1.54) is 12.7 Å². The van der Waals surface area contributed by atoms with Crippen LogP contribution >= 0.6 is 0 Å². The molecule has 2 atom stereocenters. The molecule has 0 heterocycles. The lowest BCUT2D eigenvalue weighted by Gasteiger charge is -2.24. The predicted octanol–water partition coefficient (Wildman–Crippen LogP) is 3.11. The Kier molecular flexibility index (Phi) is 8.51. The Bertz CT molecular complexity index is 1040. The van der Waals surface area contributed by atoms with Crippen LogP contribution in [-0.4, -0.2) is 38.0 Å². The summed E-state index contributed by atoms with van der Waals surface area (Å²) in [6.45, 7) is 4.04. The number of carbonyl (C=O) groups excluding carboxylic acids is 2. The maximum Gasteiger partial charge on any atom is 0.243 e. The smallest absolute Gasteiger partial charge is 0.243 e. The van der Waals surface area contributed by atoms with E-state index in [2.05, 4.69) is 28.1 Å². The number of aryl methyl sites for hydroxylation is 1. The Labute approximate surface area is 200 Å². The van der Waals surface area contributed by atoms with Gasteiger partial charge in [0.25, 0.3) is 0 Å². The number of benzene rings is 2. The average Bonchev–Trinajstić information content (AvgIpc) is 3.20. The lowest BCUT2D eigenvalue weighted by atomic mass is 10.0. The second-order valence-corrected chi connectivity index (χ2v) is 8.91. The van der Waals surface area contributed by atoms with Gasteiger partial charge in [0.2, 0.25) is 11.8 Å². The number of methoxy groups -OCH3 is 2. The molecule has 0 radical (unpaired) electrons. The molecule has 8 nitrogen and oxygen atoms in total. The molecule has 0 fully saturated rings. The van der Waals surface area contributed by atoms with Crippen LogP contribution < -0.4 is 25.4 Å². The van der Waals surface area contributed by atoms with E-state index >= 15 is 0 Å². The van der Waals surface area contributed by atoms with Gasteiger partial charge in [0.1, 0.15) is 6.04 Å². The molecule has 34 heavy (non-hydrogen) atoms. The summed E-state index contributed by atoms with van der Waals surface area (Å²) in [4.78, 5) is 25.6. The van der Waals surface area contributed by atoms with Gasteiger partial charge in [-0.25, -0.2) is 0 Å². The number of hydrogen-bond acceptors (Lipinski definition) is 5. The molecule has 2 aromatic rings. The van der Waals surface area contributed by atoms with E-state index in [0.717, 1.165) is 24.0 Å². The van der Waals surface area contributed by atoms with Gasteiger partial charge in [0.05, 0.1) is 26.7 Å². The largest absolute Gasteiger partial charge is 0.493 e. The van der Waals surface area contributed by atoms with Crippen LogP contribution in [0, 0.1) is 11.3 Å². The quantitative estimate of drug-likeness (QED) is 0.335. The molecule has 0 saturated heterocycles. The number of nitrogens with one attached hydrogen (secondary N) is 4. The van der Waals surface area contributed by atoms with Crippen molar-refractivity contribution in [3.05, 3.63) is 59.2 Å². The highest BCUT2D eigenvalue weighted by Crippen LogP contribution is 2.31. The Morgan fingerprint density at radius 2 is 1.82 bits per heavy atom. The molecule has 0 aliphatic heterocycles. The normalized spacial score (nSPS) is 15.3. The van der Waals surface area contributed by atoms with Gasteiger partial charge in [0.15, 0.2) is 17.5 Å². The second kappa shape index (κ2) is 11.5. The number of carbonyl (C=O) groups is 2. The second-order valence-electron chi connectivity index (χ2n) is 8.91. The van der Waals surface area contributed by atoms with E-state index in [1.807, 2.05) is 26.0 Å². The van der Waals surface area contributed by atoms with Crippen molar-refractivity contribution in [2.45, 2.75) is 51.6 Å². The highest BCUT2D eigenvalue weighted by Gasteiger charge is 2.28. The highest BCUT2D eigenvalue weighted by molar-refractivity contribution is 5.98. The molecule has 1 aliphatic rings. The van der Waals surface area contributed by atoms with Crippen LogP contribution in [0.1, 0.15) is 49.4 Å². The molecule has 4 N–H and O–H groups in total. The lowest BCUT2D eigenvalue weighted by Crippen LogP contribution is -2.52. The van der Waals surface area contributed by atoms with Crippen LogP contribution in [0.2, 0.25) is 0 Å². The molecule has 8 heteroatoms. The molecule has 1 aliphatic carbocycles. The zero-order valence-electron chi connectivity index (χ0n) is 20.2. The molecular formula is C26H34N4O4. The van der Waals surface area contributed by atoms with E-state index in [1.54, 1.807) is 25.3 Å². The van der Waals surface area contributed by atoms with Crippen molar-refractivity contribution < 1.29 is 19.1 Å². The summed E-state index contributed by atoms with van der Waals surface area (Å²) in [7, 11) is 3.08. The molecular weight excluding hydrogens is 432 g/mol. The fourth-order valence-corrected chi connectivity index (χ4v) is 4.25. The number of fused-ring (bicyclic) bond motifs is 1. The van der Waals surface area contributed by atoms with Gasteiger partial charge in [-0.05, 0) is 54.0 Å². The summed E-state index contributed by atoms with van der Waals surface area (Å²) in [6, 6.07) is 12.7. The summed E-state index contributed by atoms with van der Waals surface area (Å²) in [6.07, 6.45) is 2.39. The summed E-state index contributed by atoms with van der Waals surface area (Å²) < 4.78 is 10.5. The first-order chi connectivity index (χ1) is 16.3. The van der Waals surface area contributed by atoms with Gasteiger partial charge in [-0.2, -0.15) is 0 Å². The van der Waals surface area contributed by atoms with Gasteiger partial charge in [-0.15, -0.1) is 0 Å². The van der Waals surface area contributed by atoms with Crippen LogP contribution in [0.25, 0.3) is 0 Å². The zero-order valence-corrected chi connectivity index (χ0v) is 20.2. The van der Waals surface area contributed by atoms with Crippen molar-refractivity contribution in [2.75, 3.05) is 14.2 Å². The first-order valence-electron chi connectivity index (χ1n) is 11.5. The molecule has 0 aromatic heterocycles. The molecule has 0 unspecified atom stereocenters. The molecule has 182 valence electrons. The zero-order chi connectivity index (χ0) is 24.7. The van der Waals surface area contributed by atoms with Crippen molar-refractivity contribution in [1.29, 1.82) is 5.41 Å². The Morgan fingerprint density at radius 3 is 2.53 bits per heavy atom. The minimum atomic E-state index is -0.623. The van der Waals surface area contributed by atoms with Crippen LogP contribution in [0.4, 0.5) is 0 Å². The lowest BCUT2D eigenvalue weighted by molar-refractivity contribution is -0.124. The van der Waals surface area contributed by atoms with Crippen molar-refractivity contribution in [3.8, 4) is 11.5 Å². The third-order valence-corrected chi connectivity index (χ3v) is 5.87. The first kappa shape index (κ1) is 25.1. The van der Waals surface area contributed by atoms with E-state index < -0.39 is 6.04 Å². The summed E-state index contributed by atoms with van der Waals surface area (Å²) in [5.74, 6) is 0.608. The molecule has 0 bridgehead atoms. The van der Waals surface area contributed by atoms with Gasteiger partial charge in [0, 0.05) is 0 Å². The number of hydrogen-bond donors (Lipinski definition) is 4. The molecule has 0 saturated carbocycles. The van der Waals surface area contributed by atoms with Gasteiger partial charge in [-0.3, -0.25) is 20.3 Å². The average molecular weight is 467 g/mol. The van der Waals surface area contributed by atoms with Crippen LogP contribution in [-0.2, 0) is 22.4 Å². The van der Waals surface area contributed by atoms with Crippen molar-refractivity contribution in [1.82, 2.24) is 16.0 Å². The minimum absolute atomic E-state index is 0.0333. The van der Waals surface area contributed by atoms with Crippen molar-refractivity contribution in [3.63, 3.8) is 0 Å².